The van der Waals surface area contributed by atoms with E-state index in [0.717, 1.165) is 12.8 Å². The SMILES string of the molecule is CCCCCCCCCCCCCCCCCCCC[C@@]1(O)C[N+](C)(C)C[C@@H](CC(=O)[O-])O1. The summed E-state index contributed by atoms with van der Waals surface area (Å²) in [6.45, 7) is 3.38. The number of carbonyl (C=O) groups excluding carboxylic acids is 1. The molecular formula is C28H55NO4. The van der Waals surface area contributed by atoms with Crippen molar-refractivity contribution in [1.29, 1.82) is 0 Å². The maximum absolute atomic E-state index is 10.9. The maximum atomic E-state index is 10.9. The van der Waals surface area contributed by atoms with Crippen LogP contribution in [-0.2, 0) is 9.53 Å². The number of ether oxygens (including phenoxy) is 1. The van der Waals surface area contributed by atoms with Crippen molar-refractivity contribution in [2.45, 2.75) is 147 Å². The number of unbranched alkanes of at least 4 members (excludes halogenated alkanes) is 17. The number of aliphatic hydroxyl groups is 1. The van der Waals surface area contributed by atoms with Crippen LogP contribution in [-0.4, -0.2) is 54.6 Å². The Balaban J connectivity index is 1.93. The van der Waals surface area contributed by atoms with Crippen LogP contribution in [0.1, 0.15) is 135 Å². The van der Waals surface area contributed by atoms with Crippen LogP contribution < -0.4 is 5.11 Å². The van der Waals surface area contributed by atoms with Crippen LogP contribution in [0.5, 0.6) is 0 Å². The molecule has 0 aromatic carbocycles. The van der Waals surface area contributed by atoms with Gasteiger partial charge in [0, 0.05) is 18.8 Å². The molecule has 5 nitrogen and oxygen atoms in total. The number of quaternary nitrogens is 1. The van der Waals surface area contributed by atoms with E-state index < -0.39 is 17.9 Å². The number of morpholine rings is 1. The van der Waals surface area contributed by atoms with E-state index in [0.29, 0.717) is 24.0 Å². The third kappa shape index (κ3) is 16.6. The van der Waals surface area contributed by atoms with E-state index in [2.05, 4.69) is 6.92 Å². The van der Waals surface area contributed by atoms with Crippen molar-refractivity contribution in [1.82, 2.24) is 0 Å². The molecule has 1 aliphatic rings. The monoisotopic (exact) mass is 469 g/mol. The zero-order chi connectivity index (χ0) is 24.4. The van der Waals surface area contributed by atoms with Crippen LogP contribution in [0.3, 0.4) is 0 Å². The van der Waals surface area contributed by atoms with Gasteiger partial charge in [-0.1, -0.05) is 116 Å². The highest BCUT2D eigenvalue weighted by Gasteiger charge is 2.44. The number of aliphatic carboxylic acids is 1. The van der Waals surface area contributed by atoms with E-state index in [9.17, 15) is 15.0 Å². The first-order valence-corrected chi connectivity index (χ1v) is 14.2. The van der Waals surface area contributed by atoms with Gasteiger partial charge in [0.2, 0.25) is 5.79 Å². The lowest BCUT2D eigenvalue weighted by molar-refractivity contribution is -0.915. The summed E-state index contributed by atoms with van der Waals surface area (Å²) in [5, 5.41) is 21.8. The minimum atomic E-state index is -1.21. The van der Waals surface area contributed by atoms with E-state index >= 15 is 0 Å². The fourth-order valence-corrected chi connectivity index (χ4v) is 5.40. The molecule has 1 N–H and O–H groups in total. The highest BCUT2D eigenvalue weighted by molar-refractivity contribution is 5.64. The predicted molar refractivity (Wildman–Crippen MR) is 135 cm³/mol. The Morgan fingerprint density at radius 2 is 1.21 bits per heavy atom. The first-order valence-electron chi connectivity index (χ1n) is 14.2. The molecule has 0 unspecified atom stereocenters. The molecule has 1 saturated heterocycles. The van der Waals surface area contributed by atoms with Gasteiger partial charge in [-0.15, -0.1) is 0 Å². The van der Waals surface area contributed by atoms with Gasteiger partial charge in [-0.05, 0) is 6.42 Å². The van der Waals surface area contributed by atoms with Crippen LogP contribution in [0.15, 0.2) is 0 Å². The summed E-state index contributed by atoms with van der Waals surface area (Å²) >= 11 is 0. The van der Waals surface area contributed by atoms with Crippen molar-refractivity contribution in [3.8, 4) is 0 Å². The molecule has 0 radical (unpaired) electrons. The molecule has 0 aromatic rings. The standard InChI is InChI=1S/C28H55NO4/c1-4-5-6-7-8-9-10-11-12-13-14-15-16-17-18-19-20-21-22-28(32)25-29(2,3)24-26(33-28)23-27(30)31/h26,32H,4-25H2,1-3H3/t26-,28+/m1/s1. The highest BCUT2D eigenvalue weighted by Crippen LogP contribution is 2.29. The number of nitrogens with zero attached hydrogens (tertiary/aromatic N) is 1. The van der Waals surface area contributed by atoms with Crippen LogP contribution in [0.25, 0.3) is 0 Å². The molecule has 0 amide bonds. The van der Waals surface area contributed by atoms with E-state index in [1.807, 2.05) is 14.1 Å². The van der Waals surface area contributed by atoms with Crippen molar-refractivity contribution in [3.63, 3.8) is 0 Å². The Labute approximate surface area is 204 Å². The number of carboxylic acid groups (broad SMARTS) is 1. The molecule has 0 aliphatic carbocycles. The van der Waals surface area contributed by atoms with Gasteiger partial charge in [-0.3, -0.25) is 0 Å². The zero-order valence-electron chi connectivity index (χ0n) is 22.3. The molecular weight excluding hydrogens is 414 g/mol. The van der Waals surface area contributed by atoms with Crippen LogP contribution >= 0.6 is 0 Å². The number of likely N-dealkylation sites (N-methyl/N-ethyl adjacent to an activating group) is 1. The van der Waals surface area contributed by atoms with E-state index in [1.165, 1.54) is 103 Å². The second-order valence-electron chi connectivity index (χ2n) is 11.3. The van der Waals surface area contributed by atoms with Crippen LogP contribution in [0.2, 0.25) is 0 Å². The van der Waals surface area contributed by atoms with E-state index in [4.69, 9.17) is 4.74 Å². The lowest BCUT2D eigenvalue weighted by Crippen LogP contribution is -2.63. The van der Waals surface area contributed by atoms with Gasteiger partial charge < -0.3 is 24.2 Å². The third-order valence-electron chi connectivity index (χ3n) is 7.07. The number of carboxylic acids is 1. The van der Waals surface area contributed by atoms with Gasteiger partial charge in [0.05, 0.1) is 14.1 Å². The normalized spacial score (nSPS) is 22.5. The maximum Gasteiger partial charge on any atom is 0.216 e. The highest BCUT2D eigenvalue weighted by atomic mass is 16.6. The lowest BCUT2D eigenvalue weighted by atomic mass is 10.0. The van der Waals surface area contributed by atoms with E-state index in [-0.39, 0.29) is 6.42 Å². The molecule has 1 heterocycles. The molecule has 0 bridgehead atoms. The van der Waals surface area contributed by atoms with Gasteiger partial charge >= 0.3 is 0 Å². The molecule has 1 aliphatic heterocycles. The van der Waals surface area contributed by atoms with Crippen LogP contribution in [0.4, 0.5) is 0 Å². The van der Waals surface area contributed by atoms with Crippen LogP contribution in [0, 0.1) is 0 Å². The minimum absolute atomic E-state index is 0.150. The molecule has 196 valence electrons. The molecule has 0 saturated carbocycles. The molecule has 33 heavy (non-hydrogen) atoms. The summed E-state index contributed by atoms with van der Waals surface area (Å²) in [5.74, 6) is -2.32. The fraction of sp³-hybridized carbons (Fsp3) is 0.964. The second kappa shape index (κ2) is 17.7. The summed E-state index contributed by atoms with van der Waals surface area (Å²) in [7, 11) is 4.04. The summed E-state index contributed by atoms with van der Waals surface area (Å²) in [5.41, 5.74) is 0. The van der Waals surface area contributed by atoms with Crippen molar-refractivity contribution in [3.05, 3.63) is 0 Å². The topological polar surface area (TPSA) is 69.6 Å². The number of carbonyl (C=O) groups is 1. The zero-order valence-corrected chi connectivity index (χ0v) is 22.3. The van der Waals surface area contributed by atoms with Gasteiger partial charge in [0.15, 0.2) is 0 Å². The molecule has 5 heteroatoms. The molecule has 0 aromatic heterocycles. The molecule has 1 fully saturated rings. The average molecular weight is 470 g/mol. The van der Waals surface area contributed by atoms with Gasteiger partial charge in [-0.2, -0.15) is 0 Å². The smallest absolute Gasteiger partial charge is 0.216 e. The second-order valence-corrected chi connectivity index (χ2v) is 11.3. The molecule has 0 spiro atoms. The molecule has 1 rings (SSSR count). The Morgan fingerprint density at radius 1 is 0.818 bits per heavy atom. The van der Waals surface area contributed by atoms with Gasteiger partial charge in [0.25, 0.3) is 0 Å². The van der Waals surface area contributed by atoms with Crippen molar-refractivity contribution in [2.24, 2.45) is 0 Å². The summed E-state index contributed by atoms with van der Waals surface area (Å²) < 4.78 is 6.35. The summed E-state index contributed by atoms with van der Waals surface area (Å²) in [6.07, 6.45) is 24.0. The summed E-state index contributed by atoms with van der Waals surface area (Å²) in [4.78, 5) is 10.9. The van der Waals surface area contributed by atoms with Gasteiger partial charge in [-0.25, -0.2) is 0 Å². The Hall–Kier alpha value is -0.650. The predicted octanol–water partition coefficient (Wildman–Crippen LogP) is 5.72. The molecule has 2 atom stereocenters. The Bertz CT molecular complexity index is 496. The lowest BCUT2D eigenvalue weighted by Gasteiger charge is -2.46. The van der Waals surface area contributed by atoms with E-state index in [1.54, 1.807) is 0 Å². The Kier molecular flexibility index (Phi) is 16.3. The Morgan fingerprint density at radius 3 is 1.61 bits per heavy atom. The fourth-order valence-electron chi connectivity index (χ4n) is 5.40. The third-order valence-corrected chi connectivity index (χ3v) is 7.07. The van der Waals surface area contributed by atoms with Crippen molar-refractivity contribution >= 4 is 5.97 Å². The first kappa shape index (κ1) is 30.4. The van der Waals surface area contributed by atoms with Crippen molar-refractivity contribution < 1.29 is 24.2 Å². The van der Waals surface area contributed by atoms with Gasteiger partial charge in [0.1, 0.15) is 19.2 Å². The quantitative estimate of drug-likeness (QED) is 0.172. The summed E-state index contributed by atoms with van der Waals surface area (Å²) in [6, 6.07) is 0. The first-order chi connectivity index (χ1) is 15.8. The number of hydrogen-bond donors (Lipinski definition) is 1. The average Bonchev–Trinajstić information content (AvgIpc) is 2.71. The number of hydrogen-bond acceptors (Lipinski definition) is 4. The van der Waals surface area contributed by atoms with Crippen molar-refractivity contribution in [2.75, 3.05) is 27.2 Å². The largest absolute Gasteiger partial charge is 0.550 e. The number of rotatable bonds is 21. The minimum Gasteiger partial charge on any atom is -0.550 e.